The Kier molecular flexibility index (Phi) is 16.4. The van der Waals surface area contributed by atoms with Gasteiger partial charge in [-0.05, 0) is 76.7 Å². The normalized spacial score (nSPS) is 34.1. The maximum atomic E-state index is 13.2. The van der Waals surface area contributed by atoms with Gasteiger partial charge in [0.05, 0.1) is 36.6 Å². The highest BCUT2D eigenvalue weighted by atomic mass is 16.7. The molecule has 1 heterocycles. The molecule has 1 aliphatic heterocycles. The number of allylic oxidation sites excluding steroid dienone is 3. The van der Waals surface area contributed by atoms with Crippen LogP contribution in [0, 0.1) is 29.6 Å². The maximum absolute atomic E-state index is 13.2. The van der Waals surface area contributed by atoms with E-state index in [0.717, 1.165) is 30.4 Å². The van der Waals surface area contributed by atoms with Crippen molar-refractivity contribution in [1.82, 2.24) is 0 Å². The van der Waals surface area contributed by atoms with E-state index in [9.17, 15) is 20.1 Å². The number of methoxy groups -OCH3 is 4. The minimum Gasteiger partial charge on any atom is -0.392 e. The fourth-order valence-corrected chi connectivity index (χ4v) is 7.31. The largest absolute Gasteiger partial charge is 0.392 e. The number of Topliss-reactive ketones (excluding diaryl/α,β-unsaturated/α-hetero) is 1. The zero-order chi connectivity index (χ0) is 34.1. The van der Waals surface area contributed by atoms with E-state index < -0.39 is 18.0 Å². The lowest BCUT2D eigenvalue weighted by Gasteiger charge is -2.46. The molecule has 0 bridgehead atoms. The van der Waals surface area contributed by atoms with E-state index in [1.807, 2.05) is 40.7 Å². The third kappa shape index (κ3) is 11.5. The van der Waals surface area contributed by atoms with E-state index >= 15 is 0 Å². The lowest BCUT2D eigenvalue weighted by Crippen LogP contribution is -2.56. The Morgan fingerprint density at radius 2 is 1.64 bits per heavy atom. The molecule has 262 valence electrons. The van der Waals surface area contributed by atoms with Crippen LogP contribution >= 0.6 is 0 Å². The quantitative estimate of drug-likeness (QED) is 0.183. The van der Waals surface area contributed by atoms with Crippen molar-refractivity contribution in [1.29, 1.82) is 0 Å². The molecule has 9 nitrogen and oxygen atoms in total. The zero-order valence-corrected chi connectivity index (χ0v) is 29.8. The van der Waals surface area contributed by atoms with E-state index in [2.05, 4.69) is 13.0 Å². The molecule has 0 radical (unpaired) electrons. The summed E-state index contributed by atoms with van der Waals surface area (Å²) in [6.45, 7) is 13.7. The molecule has 1 saturated heterocycles. The van der Waals surface area contributed by atoms with Crippen LogP contribution in [-0.2, 0) is 28.5 Å². The van der Waals surface area contributed by atoms with Gasteiger partial charge < -0.3 is 39.0 Å². The number of ketones is 1. The number of aliphatic hydroxyl groups is 3. The van der Waals surface area contributed by atoms with Gasteiger partial charge in [0.15, 0.2) is 5.79 Å². The summed E-state index contributed by atoms with van der Waals surface area (Å²) in [7, 11) is 6.60. The van der Waals surface area contributed by atoms with Gasteiger partial charge in [-0.1, -0.05) is 45.4 Å². The summed E-state index contributed by atoms with van der Waals surface area (Å²) in [5.74, 6) is -1.38. The Labute approximate surface area is 272 Å². The number of hydrogen-bond donors (Lipinski definition) is 3. The summed E-state index contributed by atoms with van der Waals surface area (Å²) >= 11 is 0. The molecule has 1 aliphatic carbocycles. The molecule has 0 unspecified atom stereocenters. The second kappa shape index (κ2) is 18.4. The molecule has 2 rings (SSSR count). The van der Waals surface area contributed by atoms with Crippen molar-refractivity contribution >= 4 is 5.78 Å². The number of hydrogen-bond acceptors (Lipinski definition) is 9. The molecule has 13 atom stereocenters. The number of ether oxygens (including phenoxy) is 5. The second-order valence-electron chi connectivity index (χ2n) is 14.2. The van der Waals surface area contributed by atoms with E-state index in [4.69, 9.17) is 23.7 Å². The Balaban J connectivity index is 1.95. The Morgan fingerprint density at radius 1 is 1.00 bits per heavy atom. The third-order valence-corrected chi connectivity index (χ3v) is 10.4. The lowest BCUT2D eigenvalue weighted by atomic mass is 9.82. The first kappa shape index (κ1) is 40.0. The van der Waals surface area contributed by atoms with Crippen LogP contribution in [0.1, 0.15) is 93.4 Å². The Bertz CT molecular complexity index is 962. The predicted octanol–water partition coefficient (Wildman–Crippen LogP) is 5.24. The molecule has 2 fully saturated rings. The second-order valence-corrected chi connectivity index (χ2v) is 14.2. The van der Waals surface area contributed by atoms with E-state index in [1.54, 1.807) is 35.4 Å². The maximum Gasteiger partial charge on any atom is 0.165 e. The molecule has 0 aromatic rings. The summed E-state index contributed by atoms with van der Waals surface area (Å²) in [6.07, 6.45) is 6.18. The van der Waals surface area contributed by atoms with Crippen molar-refractivity contribution in [3.63, 3.8) is 0 Å². The monoisotopic (exact) mass is 640 g/mol. The summed E-state index contributed by atoms with van der Waals surface area (Å²) in [5.41, 5.74) is 2.13. The van der Waals surface area contributed by atoms with E-state index in [-0.39, 0.29) is 72.3 Å². The smallest absolute Gasteiger partial charge is 0.165 e. The summed E-state index contributed by atoms with van der Waals surface area (Å²) in [5, 5.41) is 32.0. The number of aliphatic hydroxyl groups excluding tert-OH is 2. The van der Waals surface area contributed by atoms with Gasteiger partial charge in [-0.25, -0.2) is 0 Å². The standard InChI is InChI=1S/C36H64O9/c1-21(14-22(2)16-32(42-9)35-33(43-10)18-25(5)36(7,40)45-35)15-23(3)29(38)20-30(39)26(6)34(44-11)24(4)17-27-12-13-28(37)31(19-27)41-8/h15,17,22-23,25-28,30-35,37,39-40H,12-14,16,18-20H2,1-11H3/b21-15+,24-17+/t22-,23+,25+,26+,27-,28+,30-,31+,32-,33-,34+,35+,36-/m0/s1. The van der Waals surface area contributed by atoms with Crippen LogP contribution in [0.25, 0.3) is 0 Å². The van der Waals surface area contributed by atoms with Crippen LogP contribution in [0.2, 0.25) is 0 Å². The van der Waals surface area contributed by atoms with E-state index in [0.29, 0.717) is 19.3 Å². The van der Waals surface area contributed by atoms with Crippen molar-refractivity contribution in [3.05, 3.63) is 23.3 Å². The van der Waals surface area contributed by atoms with Gasteiger partial charge in [0.1, 0.15) is 11.9 Å². The lowest BCUT2D eigenvalue weighted by molar-refractivity contribution is -0.312. The SMILES string of the molecule is CO[C@@H](C[C@@H](C)C/C(C)=C/[C@@H](C)C(=O)C[C@H](O)[C@@H](C)[C@H](OC)/C(C)=C/[C@@H]1CC[C@@H](O)[C@H](OC)C1)[C@H]1O[C@](C)(O)[C@H](C)C[C@@H]1OC. The molecule has 45 heavy (non-hydrogen) atoms. The highest BCUT2D eigenvalue weighted by molar-refractivity contribution is 5.82. The van der Waals surface area contributed by atoms with Gasteiger partial charge in [-0.3, -0.25) is 4.79 Å². The Morgan fingerprint density at radius 3 is 2.22 bits per heavy atom. The molecule has 0 spiro atoms. The minimum atomic E-state index is -1.24. The third-order valence-electron chi connectivity index (χ3n) is 10.4. The summed E-state index contributed by atoms with van der Waals surface area (Å²) in [4.78, 5) is 13.2. The van der Waals surface area contributed by atoms with Crippen LogP contribution in [0.3, 0.4) is 0 Å². The van der Waals surface area contributed by atoms with Crippen LogP contribution in [0.4, 0.5) is 0 Å². The fourth-order valence-electron chi connectivity index (χ4n) is 7.31. The topological polar surface area (TPSA) is 124 Å². The van der Waals surface area contributed by atoms with Crippen molar-refractivity contribution in [2.24, 2.45) is 29.6 Å². The van der Waals surface area contributed by atoms with Gasteiger partial charge in [0.25, 0.3) is 0 Å². The van der Waals surface area contributed by atoms with Crippen LogP contribution in [-0.4, -0.2) is 98.1 Å². The van der Waals surface area contributed by atoms with Gasteiger partial charge in [-0.2, -0.15) is 0 Å². The van der Waals surface area contributed by atoms with Gasteiger partial charge in [-0.15, -0.1) is 0 Å². The molecule has 3 N–H and O–H groups in total. The summed E-state index contributed by atoms with van der Waals surface area (Å²) in [6, 6.07) is 0. The highest BCUT2D eigenvalue weighted by Crippen LogP contribution is 2.37. The fraction of sp³-hybridized carbons (Fsp3) is 0.861. The average molecular weight is 641 g/mol. The predicted molar refractivity (Wildman–Crippen MR) is 176 cm³/mol. The van der Waals surface area contributed by atoms with Crippen molar-refractivity contribution in [2.45, 2.75) is 142 Å². The highest BCUT2D eigenvalue weighted by Gasteiger charge is 2.46. The molecule has 9 heteroatoms. The molecular formula is C36H64O9. The van der Waals surface area contributed by atoms with Gasteiger partial charge >= 0.3 is 0 Å². The first-order chi connectivity index (χ1) is 21.1. The van der Waals surface area contributed by atoms with Crippen LogP contribution in [0.15, 0.2) is 23.3 Å². The zero-order valence-electron chi connectivity index (χ0n) is 29.8. The first-order valence-corrected chi connectivity index (χ1v) is 16.8. The van der Waals surface area contributed by atoms with Gasteiger partial charge in [0.2, 0.25) is 0 Å². The van der Waals surface area contributed by atoms with E-state index in [1.165, 1.54) is 0 Å². The molecular weight excluding hydrogens is 576 g/mol. The average Bonchev–Trinajstić information content (AvgIpc) is 2.97. The Hall–Kier alpha value is -1.17. The minimum absolute atomic E-state index is 0.00768. The first-order valence-electron chi connectivity index (χ1n) is 16.8. The van der Waals surface area contributed by atoms with Crippen molar-refractivity contribution < 1.29 is 43.8 Å². The van der Waals surface area contributed by atoms with Crippen LogP contribution < -0.4 is 0 Å². The molecule has 0 amide bonds. The molecule has 1 saturated carbocycles. The van der Waals surface area contributed by atoms with Crippen molar-refractivity contribution in [3.8, 4) is 0 Å². The molecule has 0 aromatic carbocycles. The van der Waals surface area contributed by atoms with Gasteiger partial charge in [0, 0.05) is 52.6 Å². The summed E-state index contributed by atoms with van der Waals surface area (Å²) < 4.78 is 28.9. The number of carbonyl (C=O) groups excluding carboxylic acids is 1. The number of rotatable bonds is 17. The molecule has 0 aromatic heterocycles. The van der Waals surface area contributed by atoms with Crippen molar-refractivity contribution in [2.75, 3.05) is 28.4 Å². The van der Waals surface area contributed by atoms with Crippen LogP contribution in [0.5, 0.6) is 0 Å². The number of carbonyl (C=O) groups is 1. The molecule has 2 aliphatic rings.